The Morgan fingerprint density at radius 1 is 1.20 bits per heavy atom. The third kappa shape index (κ3) is 6.03. The lowest BCUT2D eigenvalue weighted by Gasteiger charge is -2.41. The summed E-state index contributed by atoms with van der Waals surface area (Å²) in [5, 5.41) is 8.27. The van der Waals surface area contributed by atoms with Gasteiger partial charge in [0.1, 0.15) is 6.04 Å². The summed E-state index contributed by atoms with van der Waals surface area (Å²) in [5.41, 5.74) is 0.520. The number of hydrogen-bond acceptors (Lipinski definition) is 4. The van der Waals surface area contributed by atoms with Crippen molar-refractivity contribution in [2.24, 2.45) is 0 Å². The van der Waals surface area contributed by atoms with Crippen molar-refractivity contribution in [3.8, 4) is 0 Å². The van der Waals surface area contributed by atoms with E-state index in [4.69, 9.17) is 4.74 Å². The van der Waals surface area contributed by atoms with Crippen molar-refractivity contribution in [2.75, 3.05) is 38.2 Å². The molecule has 1 aromatic rings. The van der Waals surface area contributed by atoms with E-state index in [0.717, 1.165) is 26.3 Å². The van der Waals surface area contributed by atoms with Gasteiger partial charge in [-0.25, -0.2) is 4.79 Å². The molecule has 0 aliphatic carbocycles. The average Bonchev–Trinajstić information content (AvgIpc) is 2.61. The fourth-order valence-electron chi connectivity index (χ4n) is 2.69. The molecule has 7 heteroatoms. The number of morpholine rings is 1. The third-order valence-electron chi connectivity index (χ3n) is 4.33. The van der Waals surface area contributed by atoms with Crippen molar-refractivity contribution in [3.05, 3.63) is 30.3 Å². The Hall–Kier alpha value is -2.12. The fraction of sp³-hybridized carbons (Fsp3) is 0.556. The normalized spacial score (nSPS) is 16.8. The molecular weight excluding hydrogens is 320 g/mol. The molecule has 0 bridgehead atoms. The van der Waals surface area contributed by atoms with Crippen molar-refractivity contribution in [2.45, 2.75) is 32.4 Å². The lowest BCUT2D eigenvalue weighted by Crippen LogP contribution is -2.57. The Labute approximate surface area is 149 Å². The number of carbonyl (C=O) groups is 2. The van der Waals surface area contributed by atoms with Crippen LogP contribution in [0.2, 0.25) is 0 Å². The highest BCUT2D eigenvalue weighted by Gasteiger charge is 2.29. The first-order valence-electron chi connectivity index (χ1n) is 8.61. The lowest BCUT2D eigenvalue weighted by atomic mass is 10.0. The number of para-hydroxylation sites is 1. The van der Waals surface area contributed by atoms with Gasteiger partial charge in [-0.05, 0) is 32.9 Å². The van der Waals surface area contributed by atoms with Gasteiger partial charge in [-0.3, -0.25) is 9.69 Å². The standard InChI is InChI=1S/C18H28N4O3/c1-14(20-17(24)21-15-7-5-4-6-8-15)16(23)19-13-18(2,3)22-9-11-25-12-10-22/h4-8,14H,9-13H2,1-3H3,(H,19,23)(H2,20,21,24). The van der Waals surface area contributed by atoms with Gasteiger partial charge in [0, 0.05) is 30.9 Å². The molecule has 0 saturated carbocycles. The molecular formula is C18H28N4O3. The first kappa shape index (κ1) is 19.2. The SMILES string of the molecule is CC(NC(=O)Nc1ccccc1)C(=O)NCC(C)(C)N1CCOCC1. The maximum atomic E-state index is 12.3. The maximum absolute atomic E-state index is 12.3. The van der Waals surface area contributed by atoms with Crippen LogP contribution >= 0.6 is 0 Å². The van der Waals surface area contributed by atoms with Crippen molar-refractivity contribution in [1.82, 2.24) is 15.5 Å². The molecule has 0 aromatic heterocycles. The molecule has 1 heterocycles. The predicted octanol–water partition coefficient (Wildman–Crippen LogP) is 1.42. The Bertz CT molecular complexity index is 571. The van der Waals surface area contributed by atoms with Crippen LogP contribution < -0.4 is 16.0 Å². The van der Waals surface area contributed by atoms with Gasteiger partial charge in [-0.15, -0.1) is 0 Å². The van der Waals surface area contributed by atoms with E-state index in [9.17, 15) is 9.59 Å². The quantitative estimate of drug-likeness (QED) is 0.726. The molecule has 1 aliphatic rings. The Morgan fingerprint density at radius 3 is 2.48 bits per heavy atom. The van der Waals surface area contributed by atoms with Crippen LogP contribution in [-0.4, -0.2) is 61.3 Å². The van der Waals surface area contributed by atoms with E-state index in [1.807, 2.05) is 18.2 Å². The number of benzene rings is 1. The van der Waals surface area contributed by atoms with Crippen LogP contribution in [0.3, 0.4) is 0 Å². The molecule has 0 radical (unpaired) electrons. The van der Waals surface area contributed by atoms with E-state index in [2.05, 4.69) is 34.7 Å². The molecule has 1 atom stereocenters. The minimum atomic E-state index is -0.621. The van der Waals surface area contributed by atoms with Gasteiger partial charge >= 0.3 is 6.03 Å². The molecule has 2 rings (SSSR count). The maximum Gasteiger partial charge on any atom is 0.319 e. The Morgan fingerprint density at radius 2 is 1.84 bits per heavy atom. The molecule has 138 valence electrons. The van der Waals surface area contributed by atoms with Gasteiger partial charge in [0.05, 0.1) is 13.2 Å². The number of rotatable bonds is 6. The zero-order valence-corrected chi connectivity index (χ0v) is 15.2. The van der Waals surface area contributed by atoms with Crippen molar-refractivity contribution >= 4 is 17.6 Å². The number of carbonyl (C=O) groups excluding carboxylic acids is 2. The van der Waals surface area contributed by atoms with Crippen LogP contribution in [0.1, 0.15) is 20.8 Å². The minimum absolute atomic E-state index is 0.161. The van der Waals surface area contributed by atoms with Gasteiger partial charge in [-0.2, -0.15) is 0 Å². The zero-order chi connectivity index (χ0) is 18.3. The largest absolute Gasteiger partial charge is 0.379 e. The second-order valence-electron chi connectivity index (χ2n) is 6.82. The molecule has 1 saturated heterocycles. The average molecular weight is 348 g/mol. The smallest absolute Gasteiger partial charge is 0.319 e. The summed E-state index contributed by atoms with van der Waals surface area (Å²) in [6.07, 6.45) is 0. The molecule has 1 unspecified atom stereocenters. The second-order valence-corrected chi connectivity index (χ2v) is 6.82. The highest BCUT2D eigenvalue weighted by molar-refractivity contribution is 5.93. The van der Waals surface area contributed by atoms with Crippen LogP contribution in [-0.2, 0) is 9.53 Å². The van der Waals surface area contributed by atoms with E-state index in [1.165, 1.54) is 0 Å². The monoisotopic (exact) mass is 348 g/mol. The molecule has 1 fully saturated rings. The highest BCUT2D eigenvalue weighted by atomic mass is 16.5. The number of nitrogens with zero attached hydrogens (tertiary/aromatic N) is 1. The molecule has 0 spiro atoms. The molecule has 1 aromatic carbocycles. The van der Waals surface area contributed by atoms with Crippen LogP contribution in [0, 0.1) is 0 Å². The van der Waals surface area contributed by atoms with Crippen LogP contribution in [0.15, 0.2) is 30.3 Å². The van der Waals surface area contributed by atoms with Gasteiger partial charge < -0.3 is 20.7 Å². The van der Waals surface area contributed by atoms with Crippen LogP contribution in [0.25, 0.3) is 0 Å². The van der Waals surface area contributed by atoms with Crippen molar-refractivity contribution in [3.63, 3.8) is 0 Å². The first-order chi connectivity index (χ1) is 11.9. The highest BCUT2D eigenvalue weighted by Crippen LogP contribution is 2.15. The minimum Gasteiger partial charge on any atom is -0.379 e. The van der Waals surface area contributed by atoms with E-state index < -0.39 is 12.1 Å². The molecule has 1 aliphatic heterocycles. The van der Waals surface area contributed by atoms with Crippen LogP contribution in [0.4, 0.5) is 10.5 Å². The van der Waals surface area contributed by atoms with E-state index >= 15 is 0 Å². The summed E-state index contributed by atoms with van der Waals surface area (Å²) in [5.74, 6) is -0.204. The summed E-state index contributed by atoms with van der Waals surface area (Å²) in [6, 6.07) is 8.09. The number of urea groups is 1. The molecule has 3 amide bonds. The zero-order valence-electron chi connectivity index (χ0n) is 15.2. The summed E-state index contributed by atoms with van der Waals surface area (Å²) >= 11 is 0. The molecule has 25 heavy (non-hydrogen) atoms. The summed E-state index contributed by atoms with van der Waals surface area (Å²) in [7, 11) is 0. The van der Waals surface area contributed by atoms with E-state index in [0.29, 0.717) is 12.2 Å². The van der Waals surface area contributed by atoms with Gasteiger partial charge in [-0.1, -0.05) is 18.2 Å². The van der Waals surface area contributed by atoms with E-state index in [1.54, 1.807) is 19.1 Å². The summed E-state index contributed by atoms with van der Waals surface area (Å²) in [4.78, 5) is 26.5. The van der Waals surface area contributed by atoms with Gasteiger partial charge in [0.15, 0.2) is 0 Å². The second kappa shape index (κ2) is 8.82. The number of hydrogen-bond donors (Lipinski definition) is 3. The number of amides is 3. The predicted molar refractivity (Wildman–Crippen MR) is 97.5 cm³/mol. The number of ether oxygens (including phenoxy) is 1. The summed E-state index contributed by atoms with van der Waals surface area (Å²) in [6.45, 7) is 9.52. The van der Waals surface area contributed by atoms with Gasteiger partial charge in [0.2, 0.25) is 5.91 Å². The lowest BCUT2D eigenvalue weighted by molar-refractivity contribution is -0.123. The Balaban J connectivity index is 1.76. The van der Waals surface area contributed by atoms with Crippen molar-refractivity contribution < 1.29 is 14.3 Å². The van der Waals surface area contributed by atoms with Crippen LogP contribution in [0.5, 0.6) is 0 Å². The molecule has 7 nitrogen and oxygen atoms in total. The number of nitrogens with one attached hydrogen (secondary N) is 3. The first-order valence-corrected chi connectivity index (χ1v) is 8.61. The van der Waals surface area contributed by atoms with Gasteiger partial charge in [0.25, 0.3) is 0 Å². The fourth-order valence-corrected chi connectivity index (χ4v) is 2.69. The third-order valence-corrected chi connectivity index (χ3v) is 4.33. The topological polar surface area (TPSA) is 82.7 Å². The van der Waals surface area contributed by atoms with E-state index in [-0.39, 0.29) is 11.4 Å². The number of anilines is 1. The summed E-state index contributed by atoms with van der Waals surface area (Å²) < 4.78 is 5.37. The Kier molecular flexibility index (Phi) is 6.78. The van der Waals surface area contributed by atoms with Crippen molar-refractivity contribution in [1.29, 1.82) is 0 Å². The molecule has 3 N–H and O–H groups in total.